The highest BCUT2D eigenvalue weighted by Gasteiger charge is 2.19. The fraction of sp³-hybridized carbons (Fsp3) is 0.364. The summed E-state index contributed by atoms with van der Waals surface area (Å²) in [5, 5.41) is 9.42. The van der Waals surface area contributed by atoms with Crippen molar-refractivity contribution in [2.45, 2.75) is 12.5 Å². The Morgan fingerprint density at radius 1 is 1.40 bits per heavy atom. The molecule has 0 aliphatic carbocycles. The highest BCUT2D eigenvalue weighted by atomic mass is 32.1. The average molecular weight is 222 g/mol. The number of anilines is 1. The van der Waals surface area contributed by atoms with E-state index in [0.717, 1.165) is 24.2 Å². The topological polar surface area (TPSA) is 49.5 Å². The van der Waals surface area contributed by atoms with E-state index in [2.05, 4.69) is 4.90 Å². The minimum absolute atomic E-state index is 0.194. The number of nitrogens with zero attached hydrogens (tertiary/aromatic N) is 1. The number of aliphatic hydroxyl groups excluding tert-OH is 1. The van der Waals surface area contributed by atoms with Gasteiger partial charge in [-0.05, 0) is 30.7 Å². The third-order valence-corrected chi connectivity index (χ3v) is 2.92. The molecule has 1 fully saturated rings. The van der Waals surface area contributed by atoms with E-state index in [1.54, 1.807) is 0 Å². The molecule has 0 aromatic heterocycles. The van der Waals surface area contributed by atoms with E-state index in [0.29, 0.717) is 11.5 Å². The van der Waals surface area contributed by atoms with Crippen molar-refractivity contribution in [3.63, 3.8) is 0 Å². The molecule has 0 bridgehead atoms. The summed E-state index contributed by atoms with van der Waals surface area (Å²) in [7, 11) is 0. The molecule has 2 rings (SSSR count). The lowest BCUT2D eigenvalue weighted by Gasteiger charge is -2.17. The smallest absolute Gasteiger partial charge is 0.103 e. The van der Waals surface area contributed by atoms with Crippen molar-refractivity contribution >= 4 is 22.9 Å². The standard InChI is InChI=1S/C11H14N2OS/c12-11(15)8-1-3-9(4-2-8)13-6-5-10(14)7-13/h1-4,10,14H,5-7H2,(H2,12,15). The first kappa shape index (κ1) is 10.4. The first-order valence-electron chi connectivity index (χ1n) is 4.99. The Balaban J connectivity index is 2.13. The van der Waals surface area contributed by atoms with Crippen LogP contribution >= 0.6 is 12.2 Å². The summed E-state index contributed by atoms with van der Waals surface area (Å²) in [5.41, 5.74) is 7.52. The molecule has 3 nitrogen and oxygen atoms in total. The predicted octanol–water partition coefficient (Wildman–Crippen LogP) is 0.892. The summed E-state index contributed by atoms with van der Waals surface area (Å²) in [6.07, 6.45) is 0.650. The highest BCUT2D eigenvalue weighted by molar-refractivity contribution is 7.80. The summed E-state index contributed by atoms with van der Waals surface area (Å²) >= 11 is 4.88. The zero-order chi connectivity index (χ0) is 10.8. The summed E-state index contributed by atoms with van der Waals surface area (Å²) in [6.45, 7) is 1.63. The van der Waals surface area contributed by atoms with E-state index in [1.165, 1.54) is 0 Å². The molecule has 1 aromatic carbocycles. The van der Waals surface area contributed by atoms with Crippen LogP contribution in [0.25, 0.3) is 0 Å². The number of nitrogens with two attached hydrogens (primary N) is 1. The lowest BCUT2D eigenvalue weighted by atomic mass is 10.2. The minimum Gasteiger partial charge on any atom is -0.391 e. The van der Waals surface area contributed by atoms with Gasteiger partial charge in [0.25, 0.3) is 0 Å². The molecule has 80 valence electrons. The molecule has 15 heavy (non-hydrogen) atoms. The summed E-state index contributed by atoms with van der Waals surface area (Å²) in [5.74, 6) is 0. The summed E-state index contributed by atoms with van der Waals surface area (Å²) in [6, 6.07) is 7.82. The second-order valence-electron chi connectivity index (χ2n) is 3.80. The molecular formula is C11H14N2OS. The van der Waals surface area contributed by atoms with Gasteiger partial charge in [-0.3, -0.25) is 0 Å². The van der Waals surface area contributed by atoms with E-state index < -0.39 is 0 Å². The lowest BCUT2D eigenvalue weighted by Crippen LogP contribution is -2.21. The molecule has 1 heterocycles. The zero-order valence-corrected chi connectivity index (χ0v) is 9.20. The van der Waals surface area contributed by atoms with Gasteiger partial charge >= 0.3 is 0 Å². The fourth-order valence-corrected chi connectivity index (χ4v) is 1.95. The van der Waals surface area contributed by atoms with Gasteiger partial charge in [0, 0.05) is 24.3 Å². The molecule has 1 unspecified atom stereocenters. The molecular weight excluding hydrogens is 208 g/mol. The first-order chi connectivity index (χ1) is 7.16. The van der Waals surface area contributed by atoms with Crippen LogP contribution in [0.5, 0.6) is 0 Å². The Bertz CT molecular complexity index is 363. The van der Waals surface area contributed by atoms with Gasteiger partial charge in [0.1, 0.15) is 4.99 Å². The molecule has 1 aromatic rings. The second-order valence-corrected chi connectivity index (χ2v) is 4.24. The van der Waals surface area contributed by atoms with Gasteiger partial charge < -0.3 is 15.7 Å². The third kappa shape index (κ3) is 2.27. The van der Waals surface area contributed by atoms with Crippen LogP contribution in [0.1, 0.15) is 12.0 Å². The first-order valence-corrected chi connectivity index (χ1v) is 5.40. The number of rotatable bonds is 2. The van der Waals surface area contributed by atoms with Gasteiger partial charge in [0.2, 0.25) is 0 Å². The maximum Gasteiger partial charge on any atom is 0.103 e. The van der Waals surface area contributed by atoms with Gasteiger partial charge in [-0.25, -0.2) is 0 Å². The monoisotopic (exact) mass is 222 g/mol. The predicted molar refractivity (Wildman–Crippen MR) is 65.2 cm³/mol. The van der Waals surface area contributed by atoms with Crippen LogP contribution in [0.3, 0.4) is 0 Å². The number of hydrogen-bond donors (Lipinski definition) is 2. The Kier molecular flexibility index (Phi) is 2.88. The summed E-state index contributed by atoms with van der Waals surface area (Å²) < 4.78 is 0. The third-order valence-electron chi connectivity index (χ3n) is 2.68. The Labute approximate surface area is 94.5 Å². The van der Waals surface area contributed by atoms with Gasteiger partial charge in [-0.2, -0.15) is 0 Å². The fourth-order valence-electron chi connectivity index (χ4n) is 1.81. The number of hydrogen-bond acceptors (Lipinski definition) is 3. The number of β-amino-alcohol motifs (C(OH)–C–C–N with tert-alkyl or cyclic N) is 1. The van der Waals surface area contributed by atoms with E-state index in [1.807, 2.05) is 24.3 Å². The quantitative estimate of drug-likeness (QED) is 0.730. The minimum atomic E-state index is -0.194. The zero-order valence-electron chi connectivity index (χ0n) is 8.39. The molecule has 3 N–H and O–H groups in total. The van der Waals surface area contributed by atoms with Crippen LogP contribution in [-0.2, 0) is 0 Å². The average Bonchev–Trinajstić information content (AvgIpc) is 2.65. The van der Waals surface area contributed by atoms with Crippen molar-refractivity contribution in [1.29, 1.82) is 0 Å². The molecule has 4 heteroatoms. The maximum atomic E-state index is 9.42. The molecule has 0 spiro atoms. The Morgan fingerprint density at radius 2 is 2.07 bits per heavy atom. The van der Waals surface area contributed by atoms with Crippen LogP contribution in [0, 0.1) is 0 Å². The van der Waals surface area contributed by atoms with Gasteiger partial charge in [0.05, 0.1) is 6.10 Å². The SMILES string of the molecule is NC(=S)c1ccc(N2CCC(O)C2)cc1. The largest absolute Gasteiger partial charge is 0.391 e. The number of aliphatic hydroxyl groups is 1. The lowest BCUT2D eigenvalue weighted by molar-refractivity contribution is 0.198. The van der Waals surface area contributed by atoms with Crippen LogP contribution in [0.4, 0.5) is 5.69 Å². The van der Waals surface area contributed by atoms with Crippen molar-refractivity contribution < 1.29 is 5.11 Å². The number of benzene rings is 1. The second kappa shape index (κ2) is 4.16. The maximum absolute atomic E-state index is 9.42. The number of thiocarbonyl (C=S) groups is 1. The molecule has 0 amide bonds. The molecule has 1 aliphatic heterocycles. The highest BCUT2D eigenvalue weighted by Crippen LogP contribution is 2.20. The van der Waals surface area contributed by atoms with E-state index in [-0.39, 0.29) is 6.10 Å². The van der Waals surface area contributed by atoms with Crippen LogP contribution in [0.2, 0.25) is 0 Å². The molecule has 0 saturated carbocycles. The molecule has 0 radical (unpaired) electrons. The van der Waals surface area contributed by atoms with Gasteiger partial charge in [0.15, 0.2) is 0 Å². The van der Waals surface area contributed by atoms with E-state index in [9.17, 15) is 5.11 Å². The normalized spacial score (nSPS) is 20.6. The van der Waals surface area contributed by atoms with Crippen LogP contribution in [0.15, 0.2) is 24.3 Å². The van der Waals surface area contributed by atoms with Crippen molar-refractivity contribution in [3.8, 4) is 0 Å². The van der Waals surface area contributed by atoms with Gasteiger partial charge in [-0.1, -0.05) is 12.2 Å². The molecule has 1 aliphatic rings. The molecule has 1 saturated heterocycles. The molecule has 1 atom stereocenters. The van der Waals surface area contributed by atoms with Crippen molar-refractivity contribution in [3.05, 3.63) is 29.8 Å². The van der Waals surface area contributed by atoms with E-state index in [4.69, 9.17) is 18.0 Å². The summed E-state index contributed by atoms with van der Waals surface area (Å²) in [4.78, 5) is 2.58. The van der Waals surface area contributed by atoms with Crippen molar-refractivity contribution in [2.75, 3.05) is 18.0 Å². The van der Waals surface area contributed by atoms with Gasteiger partial charge in [-0.15, -0.1) is 0 Å². The van der Waals surface area contributed by atoms with Crippen molar-refractivity contribution in [2.24, 2.45) is 5.73 Å². The van der Waals surface area contributed by atoms with Crippen molar-refractivity contribution in [1.82, 2.24) is 0 Å². The van der Waals surface area contributed by atoms with E-state index >= 15 is 0 Å². The Hall–Kier alpha value is -1.13. The van der Waals surface area contributed by atoms with Crippen LogP contribution in [-0.4, -0.2) is 29.3 Å². The van der Waals surface area contributed by atoms with Crippen LogP contribution < -0.4 is 10.6 Å². The Morgan fingerprint density at radius 3 is 2.53 bits per heavy atom.